The van der Waals surface area contributed by atoms with Crippen LogP contribution in [0.4, 0.5) is 0 Å². The topological polar surface area (TPSA) is 0 Å². The van der Waals surface area contributed by atoms with Crippen LogP contribution in [-0.2, 0) is 0 Å². The van der Waals surface area contributed by atoms with Crippen LogP contribution in [0.3, 0.4) is 0 Å². The lowest BCUT2D eigenvalue weighted by molar-refractivity contribution is 0.534. The molecular weight excluding hydrogens is 144 g/mol. The zero-order valence-corrected chi connectivity index (χ0v) is 8.29. The van der Waals surface area contributed by atoms with Crippen LogP contribution < -0.4 is 0 Å². The zero-order valence-electron chi connectivity index (χ0n) is 8.29. The van der Waals surface area contributed by atoms with Crippen LogP contribution in [0.15, 0.2) is 24.3 Å². The van der Waals surface area contributed by atoms with Crippen LogP contribution in [0.1, 0.15) is 39.5 Å². The Labute approximate surface area is 76.4 Å². The van der Waals surface area contributed by atoms with Gasteiger partial charge in [0.05, 0.1) is 0 Å². The van der Waals surface area contributed by atoms with Crippen LogP contribution >= 0.6 is 0 Å². The monoisotopic (exact) mass is 164 g/mol. The molecule has 0 saturated heterocycles. The van der Waals surface area contributed by atoms with Crippen molar-refractivity contribution in [3.8, 4) is 0 Å². The minimum atomic E-state index is 0.716. The van der Waals surface area contributed by atoms with Gasteiger partial charge in [-0.2, -0.15) is 0 Å². The van der Waals surface area contributed by atoms with Crippen LogP contribution in [0.2, 0.25) is 0 Å². The molecule has 1 rings (SSSR count). The van der Waals surface area contributed by atoms with Gasteiger partial charge in [-0.25, -0.2) is 0 Å². The van der Waals surface area contributed by atoms with Crippen molar-refractivity contribution in [3.05, 3.63) is 24.3 Å². The van der Waals surface area contributed by atoms with Crippen molar-refractivity contribution in [1.29, 1.82) is 0 Å². The molecule has 0 N–H and O–H groups in total. The minimum absolute atomic E-state index is 0.716. The van der Waals surface area contributed by atoms with E-state index in [1.165, 1.54) is 25.7 Å². The fourth-order valence-corrected chi connectivity index (χ4v) is 1.41. The highest BCUT2D eigenvalue weighted by Gasteiger charge is 2.07. The minimum Gasteiger partial charge on any atom is -0.0883 e. The predicted molar refractivity (Wildman–Crippen MR) is 55.1 cm³/mol. The summed E-state index contributed by atoms with van der Waals surface area (Å²) >= 11 is 0. The highest BCUT2D eigenvalue weighted by Crippen LogP contribution is 2.22. The van der Waals surface area contributed by atoms with E-state index in [2.05, 4.69) is 38.2 Å². The van der Waals surface area contributed by atoms with Crippen molar-refractivity contribution in [2.24, 2.45) is 11.8 Å². The van der Waals surface area contributed by atoms with Crippen LogP contribution in [0.25, 0.3) is 0 Å². The second kappa shape index (κ2) is 5.18. The molecule has 0 aromatic heterocycles. The van der Waals surface area contributed by atoms with Gasteiger partial charge in [0, 0.05) is 0 Å². The van der Waals surface area contributed by atoms with E-state index >= 15 is 0 Å². The average Bonchev–Trinajstić information content (AvgIpc) is 1.92. The fraction of sp³-hybridized carbons (Fsp3) is 0.667. The van der Waals surface area contributed by atoms with Crippen molar-refractivity contribution in [3.63, 3.8) is 0 Å². The third-order valence-corrected chi connectivity index (χ3v) is 2.31. The van der Waals surface area contributed by atoms with E-state index in [0.717, 1.165) is 5.92 Å². The number of hydrogen-bond donors (Lipinski definition) is 0. The Morgan fingerprint density at radius 2 is 2.25 bits per heavy atom. The van der Waals surface area contributed by atoms with Crippen molar-refractivity contribution in [2.45, 2.75) is 39.5 Å². The van der Waals surface area contributed by atoms with E-state index in [4.69, 9.17) is 0 Å². The summed E-state index contributed by atoms with van der Waals surface area (Å²) in [4.78, 5) is 0. The Kier molecular flexibility index (Phi) is 4.13. The summed E-state index contributed by atoms with van der Waals surface area (Å²) < 4.78 is 0. The van der Waals surface area contributed by atoms with Crippen LogP contribution in [0, 0.1) is 11.8 Å². The molecule has 0 radical (unpaired) electrons. The van der Waals surface area contributed by atoms with Gasteiger partial charge in [-0.15, -0.1) is 0 Å². The highest BCUT2D eigenvalue weighted by molar-refractivity contribution is 5.01. The molecule has 12 heavy (non-hydrogen) atoms. The largest absolute Gasteiger partial charge is 0.0883 e. The molecule has 1 aliphatic rings. The van der Waals surface area contributed by atoms with Gasteiger partial charge in [0.1, 0.15) is 0 Å². The normalized spacial score (nSPS) is 22.1. The smallest absolute Gasteiger partial charge is 0.0199 e. The maximum atomic E-state index is 2.34. The first kappa shape index (κ1) is 9.57. The van der Waals surface area contributed by atoms with Crippen LogP contribution in [-0.4, -0.2) is 0 Å². The van der Waals surface area contributed by atoms with Gasteiger partial charge >= 0.3 is 0 Å². The third kappa shape index (κ3) is 3.75. The molecule has 0 aromatic rings. The maximum absolute atomic E-state index is 2.34. The molecule has 0 aromatic carbocycles. The molecule has 0 saturated carbocycles. The molecule has 0 amide bonds. The molecule has 0 nitrogen and oxygen atoms in total. The van der Waals surface area contributed by atoms with Crippen LogP contribution in [0.5, 0.6) is 0 Å². The quantitative estimate of drug-likeness (QED) is 0.426. The SMILES string of the molecule is CC(C)C=CCCCC1C=CC1. The van der Waals surface area contributed by atoms with Crippen molar-refractivity contribution < 1.29 is 0 Å². The Morgan fingerprint density at radius 3 is 2.75 bits per heavy atom. The van der Waals surface area contributed by atoms with Gasteiger partial charge in [-0.1, -0.05) is 38.2 Å². The Hall–Kier alpha value is -0.520. The molecule has 0 heteroatoms. The maximum Gasteiger partial charge on any atom is -0.0199 e. The summed E-state index contributed by atoms with van der Waals surface area (Å²) in [6.45, 7) is 4.45. The Bertz CT molecular complexity index is 163. The summed E-state index contributed by atoms with van der Waals surface area (Å²) in [5.74, 6) is 1.63. The standard InChI is InChI=1S/C12H20/c1-11(2)7-4-3-5-8-12-9-6-10-12/h4,6-7,9,11-12H,3,5,8,10H2,1-2H3. The van der Waals surface area contributed by atoms with Gasteiger partial charge in [-0.05, 0) is 37.5 Å². The molecule has 0 spiro atoms. The second-order valence-electron chi connectivity index (χ2n) is 4.03. The lowest BCUT2D eigenvalue weighted by Crippen LogP contribution is -2.01. The van der Waals surface area contributed by atoms with E-state index in [1.807, 2.05) is 0 Å². The summed E-state index contributed by atoms with van der Waals surface area (Å²) in [6, 6.07) is 0. The molecule has 1 aliphatic carbocycles. The number of hydrogen-bond acceptors (Lipinski definition) is 0. The molecule has 1 atom stereocenters. The van der Waals surface area contributed by atoms with Gasteiger partial charge in [0.25, 0.3) is 0 Å². The number of rotatable bonds is 5. The van der Waals surface area contributed by atoms with E-state index in [9.17, 15) is 0 Å². The van der Waals surface area contributed by atoms with Gasteiger partial charge in [0.15, 0.2) is 0 Å². The lowest BCUT2D eigenvalue weighted by atomic mass is 9.90. The van der Waals surface area contributed by atoms with Gasteiger partial charge in [-0.3, -0.25) is 0 Å². The highest BCUT2D eigenvalue weighted by atomic mass is 14.1. The number of unbranched alkanes of at least 4 members (excludes halogenated alkanes) is 1. The molecular formula is C12H20. The average molecular weight is 164 g/mol. The van der Waals surface area contributed by atoms with E-state index in [0.29, 0.717) is 5.92 Å². The molecule has 1 unspecified atom stereocenters. The van der Waals surface area contributed by atoms with Crippen molar-refractivity contribution in [2.75, 3.05) is 0 Å². The van der Waals surface area contributed by atoms with Gasteiger partial charge < -0.3 is 0 Å². The predicted octanol–water partition coefficient (Wildman–Crippen LogP) is 3.95. The summed E-state index contributed by atoms with van der Waals surface area (Å²) in [5.41, 5.74) is 0. The van der Waals surface area contributed by atoms with Gasteiger partial charge in [0.2, 0.25) is 0 Å². The Balaban J connectivity index is 1.92. The van der Waals surface area contributed by atoms with Crippen molar-refractivity contribution in [1.82, 2.24) is 0 Å². The molecule has 0 aliphatic heterocycles. The number of allylic oxidation sites excluding steroid dienone is 4. The third-order valence-electron chi connectivity index (χ3n) is 2.31. The first-order chi connectivity index (χ1) is 5.79. The van der Waals surface area contributed by atoms with E-state index in [1.54, 1.807) is 0 Å². The molecule has 68 valence electrons. The summed E-state index contributed by atoms with van der Waals surface area (Å²) in [5, 5.41) is 0. The first-order valence-electron chi connectivity index (χ1n) is 5.12. The molecule has 0 heterocycles. The molecule has 0 bridgehead atoms. The summed E-state index contributed by atoms with van der Waals surface area (Å²) in [7, 11) is 0. The fourth-order valence-electron chi connectivity index (χ4n) is 1.41. The first-order valence-corrected chi connectivity index (χ1v) is 5.12. The lowest BCUT2D eigenvalue weighted by Gasteiger charge is -2.16. The van der Waals surface area contributed by atoms with E-state index < -0.39 is 0 Å². The Morgan fingerprint density at radius 1 is 1.50 bits per heavy atom. The molecule has 0 fully saturated rings. The summed E-state index contributed by atoms with van der Waals surface area (Å²) in [6.07, 6.45) is 14.6. The zero-order chi connectivity index (χ0) is 8.81. The van der Waals surface area contributed by atoms with E-state index in [-0.39, 0.29) is 0 Å². The van der Waals surface area contributed by atoms with Crippen molar-refractivity contribution >= 4 is 0 Å². The second-order valence-corrected chi connectivity index (χ2v) is 4.03.